The highest BCUT2D eigenvalue weighted by molar-refractivity contribution is 5.94. The number of fused-ring (bicyclic) bond motifs is 3. The first kappa shape index (κ1) is 17.4. The lowest BCUT2D eigenvalue weighted by molar-refractivity contribution is -0.254. The van der Waals surface area contributed by atoms with E-state index >= 15 is 0 Å². The molecule has 0 radical (unpaired) electrons. The Morgan fingerprint density at radius 3 is 2.43 bits per heavy atom. The predicted octanol–water partition coefficient (Wildman–Crippen LogP) is 2.42. The number of rotatable bonds is 3. The minimum atomic E-state index is -0.795. The molecule has 3 fully saturated rings. The summed E-state index contributed by atoms with van der Waals surface area (Å²) in [6, 6.07) is 18.8. The molecule has 3 aliphatic rings. The van der Waals surface area contributed by atoms with Crippen LogP contribution in [0.15, 0.2) is 60.7 Å². The number of amides is 2. The molecule has 0 unspecified atom stereocenters. The van der Waals surface area contributed by atoms with Gasteiger partial charge in [-0.2, -0.15) is 0 Å². The van der Waals surface area contributed by atoms with Crippen LogP contribution in [0.3, 0.4) is 0 Å². The van der Waals surface area contributed by atoms with E-state index in [0.717, 1.165) is 16.0 Å². The topological polar surface area (TPSA) is 74.3 Å². The second kappa shape index (κ2) is 7.01. The van der Waals surface area contributed by atoms with Crippen molar-refractivity contribution < 1.29 is 28.5 Å². The third-order valence-electron chi connectivity index (χ3n) is 5.20. The van der Waals surface area contributed by atoms with Crippen molar-refractivity contribution in [1.82, 2.24) is 4.90 Å². The Hall–Kier alpha value is -2.74. The van der Waals surface area contributed by atoms with Crippen molar-refractivity contribution >= 4 is 12.0 Å². The third-order valence-corrected chi connectivity index (χ3v) is 5.20. The van der Waals surface area contributed by atoms with Gasteiger partial charge in [-0.1, -0.05) is 60.7 Å². The van der Waals surface area contributed by atoms with E-state index in [9.17, 15) is 9.59 Å². The lowest BCUT2D eigenvalue weighted by atomic mass is 10.1. The first-order valence-corrected chi connectivity index (χ1v) is 9.25. The van der Waals surface area contributed by atoms with Gasteiger partial charge in [-0.15, -0.1) is 0 Å². The highest BCUT2D eigenvalue weighted by Gasteiger charge is 2.60. The molecule has 144 valence electrons. The molecule has 0 aliphatic carbocycles. The van der Waals surface area contributed by atoms with Gasteiger partial charge < -0.3 is 18.9 Å². The fourth-order valence-corrected chi connectivity index (χ4v) is 3.87. The van der Waals surface area contributed by atoms with E-state index in [1.165, 1.54) is 0 Å². The van der Waals surface area contributed by atoms with Crippen LogP contribution in [0.25, 0.3) is 0 Å². The maximum Gasteiger partial charge on any atom is 0.419 e. The molecule has 3 heterocycles. The summed E-state index contributed by atoms with van der Waals surface area (Å²) in [5.41, 5.74) is 1.70. The predicted molar refractivity (Wildman–Crippen MR) is 95.9 cm³/mol. The largest absolute Gasteiger partial charge is 0.438 e. The van der Waals surface area contributed by atoms with Crippen molar-refractivity contribution in [2.75, 3.05) is 6.61 Å². The van der Waals surface area contributed by atoms with Crippen molar-refractivity contribution in [1.29, 1.82) is 0 Å². The standard InChI is InChI=1S/C21H19NO6/c23-16(11-13-7-3-1-4-8-13)22-19-18(28-21(22)24)17-15(26-19)12-25-20(27-17)14-9-5-2-6-10-14/h1-10,15,17-20H,11-12H2/t15-,17+,18-,19+,20+/m1/s1. The fourth-order valence-electron chi connectivity index (χ4n) is 3.87. The van der Waals surface area contributed by atoms with Crippen LogP contribution >= 0.6 is 0 Å². The summed E-state index contributed by atoms with van der Waals surface area (Å²) in [4.78, 5) is 26.2. The van der Waals surface area contributed by atoms with Crippen molar-refractivity contribution in [3.05, 3.63) is 71.8 Å². The second-order valence-electron chi connectivity index (χ2n) is 7.02. The Labute approximate surface area is 161 Å². The SMILES string of the molecule is O=C(Cc1ccccc1)N1C(=O)O[C@@H]2[C@H]3O[C@@H](c4ccccc4)OC[C@H]3O[C@@H]21. The molecule has 5 rings (SSSR count). The number of carbonyl (C=O) groups excluding carboxylic acids is 2. The fraction of sp³-hybridized carbons (Fsp3) is 0.333. The van der Waals surface area contributed by atoms with Gasteiger partial charge in [0.15, 0.2) is 18.6 Å². The average Bonchev–Trinajstić information content (AvgIpc) is 3.23. The molecule has 3 saturated heterocycles. The normalized spacial score (nSPS) is 31.2. The third kappa shape index (κ3) is 2.97. The average molecular weight is 381 g/mol. The molecule has 2 aromatic rings. The molecule has 0 saturated carbocycles. The molecular weight excluding hydrogens is 362 g/mol. The number of hydrogen-bond acceptors (Lipinski definition) is 6. The summed E-state index contributed by atoms with van der Waals surface area (Å²) in [6.45, 7) is 0.301. The Kier molecular flexibility index (Phi) is 4.35. The van der Waals surface area contributed by atoms with Gasteiger partial charge in [0.25, 0.3) is 0 Å². The quantitative estimate of drug-likeness (QED) is 0.813. The van der Waals surface area contributed by atoms with Gasteiger partial charge in [0, 0.05) is 5.56 Å². The van der Waals surface area contributed by atoms with E-state index in [1.54, 1.807) is 0 Å². The van der Waals surface area contributed by atoms with Gasteiger partial charge in [0.1, 0.15) is 12.2 Å². The summed E-state index contributed by atoms with van der Waals surface area (Å²) in [5, 5.41) is 0. The lowest BCUT2D eigenvalue weighted by Gasteiger charge is -2.33. The van der Waals surface area contributed by atoms with E-state index in [0.29, 0.717) is 6.61 Å². The Bertz CT molecular complexity index is 873. The number of ether oxygens (including phenoxy) is 4. The summed E-state index contributed by atoms with van der Waals surface area (Å²) >= 11 is 0. The Morgan fingerprint density at radius 2 is 1.68 bits per heavy atom. The lowest BCUT2D eigenvalue weighted by Crippen LogP contribution is -2.43. The van der Waals surface area contributed by atoms with Crippen molar-refractivity contribution in [2.24, 2.45) is 0 Å². The molecule has 5 atom stereocenters. The molecule has 7 nitrogen and oxygen atoms in total. The van der Waals surface area contributed by atoms with E-state index in [4.69, 9.17) is 18.9 Å². The van der Waals surface area contributed by atoms with Crippen molar-refractivity contribution in [3.8, 4) is 0 Å². The molecule has 3 aliphatic heterocycles. The molecule has 7 heteroatoms. The van der Waals surface area contributed by atoms with E-state index in [1.807, 2.05) is 60.7 Å². The van der Waals surface area contributed by atoms with Gasteiger partial charge in [0.05, 0.1) is 13.0 Å². The second-order valence-corrected chi connectivity index (χ2v) is 7.02. The Morgan fingerprint density at radius 1 is 0.964 bits per heavy atom. The van der Waals surface area contributed by atoms with Crippen LogP contribution in [0.4, 0.5) is 4.79 Å². The maximum absolute atomic E-state index is 12.7. The van der Waals surface area contributed by atoms with Crippen LogP contribution in [-0.2, 0) is 30.2 Å². The molecule has 0 spiro atoms. The number of benzene rings is 2. The van der Waals surface area contributed by atoms with Gasteiger partial charge in [-0.25, -0.2) is 9.69 Å². The first-order valence-electron chi connectivity index (χ1n) is 9.25. The smallest absolute Gasteiger partial charge is 0.419 e. The summed E-state index contributed by atoms with van der Waals surface area (Å²) in [6.07, 6.45) is -3.48. The Balaban J connectivity index is 1.32. The number of hydrogen-bond donors (Lipinski definition) is 0. The zero-order valence-corrected chi connectivity index (χ0v) is 15.0. The minimum absolute atomic E-state index is 0.0991. The minimum Gasteiger partial charge on any atom is -0.438 e. The molecular formula is C21H19NO6. The van der Waals surface area contributed by atoms with Crippen LogP contribution in [0.2, 0.25) is 0 Å². The van der Waals surface area contributed by atoms with E-state index in [2.05, 4.69) is 0 Å². The van der Waals surface area contributed by atoms with Gasteiger partial charge >= 0.3 is 6.09 Å². The van der Waals surface area contributed by atoms with Crippen molar-refractivity contribution in [3.63, 3.8) is 0 Å². The van der Waals surface area contributed by atoms with Crippen LogP contribution in [0, 0.1) is 0 Å². The number of carbonyl (C=O) groups is 2. The van der Waals surface area contributed by atoms with Gasteiger partial charge in [0.2, 0.25) is 5.91 Å². The number of imide groups is 1. The summed E-state index contributed by atoms with van der Waals surface area (Å²) in [5.74, 6) is -0.358. The molecule has 0 N–H and O–H groups in total. The maximum atomic E-state index is 12.7. The van der Waals surface area contributed by atoms with Crippen LogP contribution < -0.4 is 0 Å². The molecule has 2 aromatic carbocycles. The van der Waals surface area contributed by atoms with Gasteiger partial charge in [-0.05, 0) is 5.56 Å². The zero-order valence-electron chi connectivity index (χ0n) is 15.0. The zero-order chi connectivity index (χ0) is 19.1. The van der Waals surface area contributed by atoms with Gasteiger partial charge in [-0.3, -0.25) is 4.79 Å². The molecule has 0 aromatic heterocycles. The molecule has 28 heavy (non-hydrogen) atoms. The van der Waals surface area contributed by atoms with Crippen LogP contribution in [-0.4, -0.2) is 48.0 Å². The highest BCUT2D eigenvalue weighted by Crippen LogP contribution is 2.40. The number of nitrogens with zero attached hydrogens (tertiary/aromatic N) is 1. The first-order chi connectivity index (χ1) is 13.7. The molecule has 0 bridgehead atoms. The summed E-state index contributed by atoms with van der Waals surface area (Å²) < 4.78 is 23.2. The highest BCUT2D eigenvalue weighted by atomic mass is 16.7. The van der Waals surface area contributed by atoms with Crippen LogP contribution in [0.5, 0.6) is 0 Å². The van der Waals surface area contributed by atoms with E-state index < -0.39 is 36.9 Å². The molecule has 2 amide bonds. The van der Waals surface area contributed by atoms with Crippen LogP contribution in [0.1, 0.15) is 17.4 Å². The van der Waals surface area contributed by atoms with Crippen molar-refractivity contribution in [2.45, 2.75) is 37.3 Å². The monoisotopic (exact) mass is 381 g/mol. The van der Waals surface area contributed by atoms with E-state index in [-0.39, 0.29) is 12.3 Å². The summed E-state index contributed by atoms with van der Waals surface area (Å²) in [7, 11) is 0.